The van der Waals surface area contributed by atoms with Crippen LogP contribution in [0.2, 0.25) is 0 Å². The summed E-state index contributed by atoms with van der Waals surface area (Å²) in [5.41, 5.74) is 3.15. The highest BCUT2D eigenvalue weighted by Crippen LogP contribution is 2.23. The van der Waals surface area contributed by atoms with E-state index in [2.05, 4.69) is 26.6 Å². The molecule has 0 saturated carbocycles. The Hall–Kier alpha value is -3.41. The number of H-pyrrole nitrogens is 2. The third kappa shape index (κ3) is 3.09. The van der Waals surface area contributed by atoms with Crippen LogP contribution in [0, 0.1) is 5.82 Å². The third-order valence-corrected chi connectivity index (χ3v) is 4.29. The Morgan fingerprint density at radius 3 is 2.77 bits per heavy atom. The van der Waals surface area contributed by atoms with Gasteiger partial charge >= 0.3 is 0 Å². The molecule has 2 aromatic heterocycles. The van der Waals surface area contributed by atoms with Crippen LogP contribution < -0.4 is 5.32 Å². The molecule has 5 nitrogen and oxygen atoms in total. The van der Waals surface area contributed by atoms with Crippen molar-refractivity contribution in [2.45, 2.75) is 6.42 Å². The van der Waals surface area contributed by atoms with Gasteiger partial charge in [-0.2, -0.15) is 5.10 Å². The molecule has 130 valence electrons. The van der Waals surface area contributed by atoms with Gasteiger partial charge in [-0.1, -0.05) is 30.3 Å². The summed E-state index contributed by atoms with van der Waals surface area (Å²) >= 11 is 0. The highest BCUT2D eigenvalue weighted by molar-refractivity contribution is 5.99. The van der Waals surface area contributed by atoms with E-state index in [-0.39, 0.29) is 5.91 Å². The van der Waals surface area contributed by atoms with Crippen molar-refractivity contribution < 1.29 is 9.18 Å². The SMILES string of the molecule is O=C(NCCc1cc2ccccc2[nH]1)c1cn[nH]c1-c1ccccc1F. The molecule has 2 heterocycles. The quantitative estimate of drug-likeness (QED) is 0.515. The predicted octanol–water partition coefficient (Wildman–Crippen LogP) is 3.67. The van der Waals surface area contributed by atoms with Crippen LogP contribution in [0.5, 0.6) is 0 Å². The van der Waals surface area contributed by atoms with Crippen molar-refractivity contribution >= 4 is 16.8 Å². The van der Waals surface area contributed by atoms with Crippen molar-refractivity contribution in [2.24, 2.45) is 0 Å². The van der Waals surface area contributed by atoms with Crippen molar-refractivity contribution in [3.8, 4) is 11.3 Å². The first-order valence-corrected chi connectivity index (χ1v) is 8.35. The molecule has 0 aliphatic rings. The van der Waals surface area contributed by atoms with Gasteiger partial charge < -0.3 is 10.3 Å². The van der Waals surface area contributed by atoms with E-state index in [4.69, 9.17) is 0 Å². The first-order chi connectivity index (χ1) is 12.7. The second-order valence-electron chi connectivity index (χ2n) is 6.03. The predicted molar refractivity (Wildman–Crippen MR) is 98.3 cm³/mol. The second-order valence-corrected chi connectivity index (χ2v) is 6.03. The van der Waals surface area contributed by atoms with Gasteiger partial charge in [0.15, 0.2) is 0 Å². The molecular formula is C20H17FN4O. The van der Waals surface area contributed by atoms with Gasteiger partial charge in [0, 0.05) is 29.7 Å². The first kappa shape index (κ1) is 16.1. The molecule has 4 aromatic rings. The normalized spacial score (nSPS) is 11.0. The number of para-hydroxylation sites is 1. The monoisotopic (exact) mass is 348 g/mol. The number of nitrogens with zero attached hydrogens (tertiary/aromatic N) is 1. The molecule has 6 heteroatoms. The Kier molecular flexibility index (Phi) is 4.23. The maximum absolute atomic E-state index is 14.0. The van der Waals surface area contributed by atoms with Crippen LogP contribution in [0.25, 0.3) is 22.2 Å². The Labute approximate surface area is 149 Å². The molecule has 0 aliphatic heterocycles. The summed E-state index contributed by atoms with van der Waals surface area (Å²) in [6, 6.07) is 16.4. The molecule has 2 aromatic carbocycles. The van der Waals surface area contributed by atoms with Crippen LogP contribution >= 0.6 is 0 Å². The summed E-state index contributed by atoms with van der Waals surface area (Å²) in [7, 11) is 0. The maximum atomic E-state index is 14.0. The van der Waals surface area contributed by atoms with Crippen LogP contribution in [-0.4, -0.2) is 27.6 Å². The van der Waals surface area contributed by atoms with Crippen LogP contribution in [0.1, 0.15) is 16.1 Å². The van der Waals surface area contributed by atoms with E-state index in [1.54, 1.807) is 18.2 Å². The van der Waals surface area contributed by atoms with Crippen molar-refractivity contribution in [2.75, 3.05) is 6.54 Å². The number of nitrogens with one attached hydrogen (secondary N) is 3. The highest BCUT2D eigenvalue weighted by atomic mass is 19.1. The minimum absolute atomic E-state index is 0.284. The molecule has 0 bridgehead atoms. The number of benzene rings is 2. The zero-order valence-corrected chi connectivity index (χ0v) is 13.9. The number of carbonyl (C=O) groups excluding carboxylic acids is 1. The van der Waals surface area contributed by atoms with E-state index in [9.17, 15) is 9.18 Å². The molecule has 1 amide bonds. The van der Waals surface area contributed by atoms with Gasteiger partial charge in [0.1, 0.15) is 5.82 Å². The fourth-order valence-electron chi connectivity index (χ4n) is 3.00. The van der Waals surface area contributed by atoms with Gasteiger partial charge in [0.2, 0.25) is 0 Å². The van der Waals surface area contributed by atoms with Gasteiger partial charge in [-0.3, -0.25) is 9.89 Å². The van der Waals surface area contributed by atoms with E-state index < -0.39 is 5.82 Å². The van der Waals surface area contributed by atoms with E-state index in [1.165, 1.54) is 12.3 Å². The Morgan fingerprint density at radius 1 is 1.12 bits per heavy atom. The molecule has 0 fully saturated rings. The van der Waals surface area contributed by atoms with Crippen LogP contribution in [0.15, 0.2) is 60.8 Å². The topological polar surface area (TPSA) is 73.6 Å². The second kappa shape index (κ2) is 6.84. The molecule has 0 radical (unpaired) electrons. The van der Waals surface area contributed by atoms with Crippen molar-refractivity contribution in [1.82, 2.24) is 20.5 Å². The average Bonchev–Trinajstić information content (AvgIpc) is 3.28. The number of fused-ring (bicyclic) bond motifs is 1. The lowest BCUT2D eigenvalue weighted by Crippen LogP contribution is -2.26. The average molecular weight is 348 g/mol. The van der Waals surface area contributed by atoms with Crippen LogP contribution in [0.4, 0.5) is 4.39 Å². The lowest BCUT2D eigenvalue weighted by atomic mass is 10.1. The fourth-order valence-corrected chi connectivity index (χ4v) is 3.00. The molecule has 0 aliphatic carbocycles. The first-order valence-electron chi connectivity index (χ1n) is 8.35. The number of amides is 1. The molecule has 26 heavy (non-hydrogen) atoms. The Morgan fingerprint density at radius 2 is 1.92 bits per heavy atom. The molecular weight excluding hydrogens is 331 g/mol. The lowest BCUT2D eigenvalue weighted by Gasteiger charge is -2.06. The van der Waals surface area contributed by atoms with Gasteiger partial charge in [0.05, 0.1) is 17.5 Å². The summed E-state index contributed by atoms with van der Waals surface area (Å²) in [5.74, 6) is -0.683. The number of hydrogen-bond acceptors (Lipinski definition) is 2. The number of aromatic amines is 2. The fraction of sp³-hybridized carbons (Fsp3) is 0.100. The number of carbonyl (C=O) groups is 1. The van der Waals surface area contributed by atoms with Gasteiger partial charge in [-0.25, -0.2) is 4.39 Å². The molecule has 0 atom stereocenters. The Bertz CT molecular complexity index is 1030. The number of halogens is 1. The van der Waals surface area contributed by atoms with Crippen molar-refractivity contribution in [3.63, 3.8) is 0 Å². The smallest absolute Gasteiger partial charge is 0.255 e. The number of rotatable bonds is 5. The number of hydrogen-bond donors (Lipinski definition) is 3. The molecule has 0 spiro atoms. The lowest BCUT2D eigenvalue weighted by molar-refractivity contribution is 0.0955. The minimum Gasteiger partial charge on any atom is -0.358 e. The minimum atomic E-state index is -0.399. The van der Waals surface area contributed by atoms with E-state index in [0.29, 0.717) is 29.8 Å². The molecule has 0 unspecified atom stereocenters. The van der Waals surface area contributed by atoms with E-state index >= 15 is 0 Å². The zero-order valence-electron chi connectivity index (χ0n) is 13.9. The molecule has 4 rings (SSSR count). The zero-order chi connectivity index (χ0) is 17.9. The summed E-state index contributed by atoms with van der Waals surface area (Å²) in [6.07, 6.45) is 2.09. The van der Waals surface area contributed by atoms with Gasteiger partial charge in [-0.05, 0) is 29.7 Å². The molecule has 3 N–H and O–H groups in total. The molecule has 0 saturated heterocycles. The van der Waals surface area contributed by atoms with Crippen LogP contribution in [0.3, 0.4) is 0 Å². The third-order valence-electron chi connectivity index (χ3n) is 4.29. The summed E-state index contributed by atoms with van der Waals surface area (Å²) in [6.45, 7) is 0.466. The summed E-state index contributed by atoms with van der Waals surface area (Å²) in [4.78, 5) is 15.8. The highest BCUT2D eigenvalue weighted by Gasteiger charge is 2.17. The van der Waals surface area contributed by atoms with E-state index in [0.717, 1.165) is 16.6 Å². The standard InChI is InChI=1S/C20H17FN4O/c21-17-7-3-2-6-15(17)19-16(12-23-25-19)20(26)22-10-9-14-11-13-5-1-4-8-18(13)24-14/h1-8,11-12,24H,9-10H2,(H,22,26)(H,23,25). The summed E-state index contributed by atoms with van der Waals surface area (Å²) in [5, 5.41) is 10.6. The van der Waals surface area contributed by atoms with Gasteiger partial charge in [0.25, 0.3) is 5.91 Å². The maximum Gasteiger partial charge on any atom is 0.255 e. The van der Waals surface area contributed by atoms with Crippen molar-refractivity contribution in [3.05, 3.63) is 77.9 Å². The largest absolute Gasteiger partial charge is 0.358 e. The van der Waals surface area contributed by atoms with Gasteiger partial charge in [-0.15, -0.1) is 0 Å². The van der Waals surface area contributed by atoms with E-state index in [1.807, 2.05) is 24.3 Å². The summed E-state index contributed by atoms with van der Waals surface area (Å²) < 4.78 is 14.0. The van der Waals surface area contributed by atoms with Crippen molar-refractivity contribution in [1.29, 1.82) is 0 Å². The Balaban J connectivity index is 1.44. The number of aromatic nitrogens is 3. The van der Waals surface area contributed by atoms with Crippen LogP contribution in [-0.2, 0) is 6.42 Å².